The number of ether oxygens (including phenoxy) is 2. The van der Waals surface area contributed by atoms with E-state index in [-0.39, 0.29) is 11.9 Å². The molecule has 2 rings (SSSR count). The molecule has 0 aliphatic heterocycles. The predicted molar refractivity (Wildman–Crippen MR) is 111 cm³/mol. The van der Waals surface area contributed by atoms with Gasteiger partial charge in [0.1, 0.15) is 5.75 Å². The van der Waals surface area contributed by atoms with E-state index in [1.807, 2.05) is 24.3 Å². The van der Waals surface area contributed by atoms with Crippen molar-refractivity contribution in [2.75, 3.05) is 11.9 Å². The molecular formula is C23H29NO4. The van der Waals surface area contributed by atoms with Crippen molar-refractivity contribution in [3.05, 3.63) is 59.7 Å². The number of esters is 1. The highest BCUT2D eigenvalue weighted by molar-refractivity contribution is 5.95. The molecule has 0 heterocycles. The number of amides is 1. The Bertz CT molecular complexity index is 770. The van der Waals surface area contributed by atoms with E-state index in [1.54, 1.807) is 31.2 Å². The fourth-order valence-electron chi connectivity index (χ4n) is 2.63. The Labute approximate surface area is 167 Å². The van der Waals surface area contributed by atoms with Gasteiger partial charge in [0.15, 0.2) is 6.10 Å². The van der Waals surface area contributed by atoms with E-state index in [2.05, 4.69) is 19.2 Å². The van der Waals surface area contributed by atoms with Gasteiger partial charge in [0.25, 0.3) is 5.91 Å². The number of nitrogens with one attached hydrogen (secondary N) is 1. The first-order valence-corrected chi connectivity index (χ1v) is 9.87. The maximum Gasteiger partial charge on any atom is 0.338 e. The molecule has 1 amide bonds. The van der Waals surface area contributed by atoms with Crippen molar-refractivity contribution in [3.63, 3.8) is 0 Å². The molecule has 0 radical (unpaired) electrons. The first-order chi connectivity index (χ1) is 13.5. The quantitative estimate of drug-likeness (QED) is 0.463. The van der Waals surface area contributed by atoms with Crippen molar-refractivity contribution >= 4 is 17.6 Å². The fourth-order valence-corrected chi connectivity index (χ4v) is 2.63. The summed E-state index contributed by atoms with van der Waals surface area (Å²) in [5, 5.41) is 2.80. The average Bonchev–Trinajstić information content (AvgIpc) is 2.71. The molecular weight excluding hydrogens is 354 g/mol. The van der Waals surface area contributed by atoms with Crippen molar-refractivity contribution in [2.24, 2.45) is 0 Å². The Kier molecular flexibility index (Phi) is 8.53. The van der Waals surface area contributed by atoms with Gasteiger partial charge in [0.2, 0.25) is 0 Å². The van der Waals surface area contributed by atoms with Crippen LogP contribution in [0.2, 0.25) is 0 Å². The number of hydrogen-bond acceptors (Lipinski definition) is 4. The standard InChI is InChI=1S/C23H29NO4/c1-4-6-7-15-27-23(26)19-11-13-20(14-12-19)24-22(25)17(3)28-21-10-8-9-18(5-2)16-21/h8-14,16-17H,4-7,15H2,1-3H3,(H,24,25). The maximum atomic E-state index is 12.4. The minimum Gasteiger partial charge on any atom is -0.481 e. The van der Waals surface area contributed by atoms with Crippen LogP contribution in [-0.2, 0) is 16.0 Å². The highest BCUT2D eigenvalue weighted by atomic mass is 16.5. The van der Waals surface area contributed by atoms with Crippen LogP contribution in [0, 0.1) is 0 Å². The Morgan fingerprint density at radius 1 is 1.04 bits per heavy atom. The zero-order valence-electron chi connectivity index (χ0n) is 16.9. The van der Waals surface area contributed by atoms with E-state index in [1.165, 1.54) is 0 Å². The van der Waals surface area contributed by atoms with Crippen LogP contribution in [-0.4, -0.2) is 24.6 Å². The van der Waals surface area contributed by atoms with E-state index in [0.717, 1.165) is 31.2 Å². The van der Waals surface area contributed by atoms with E-state index in [4.69, 9.17) is 9.47 Å². The lowest BCUT2D eigenvalue weighted by Gasteiger charge is -2.15. The molecule has 0 aliphatic rings. The van der Waals surface area contributed by atoms with E-state index in [0.29, 0.717) is 23.6 Å². The summed E-state index contributed by atoms with van der Waals surface area (Å²) in [6, 6.07) is 14.4. The SMILES string of the molecule is CCCCCOC(=O)c1ccc(NC(=O)C(C)Oc2cccc(CC)c2)cc1. The first kappa shape index (κ1) is 21.5. The number of carbonyl (C=O) groups excluding carboxylic acids is 2. The molecule has 0 fully saturated rings. The van der Waals surface area contributed by atoms with Crippen LogP contribution in [0.3, 0.4) is 0 Å². The van der Waals surface area contributed by atoms with Crippen molar-refractivity contribution in [2.45, 2.75) is 52.6 Å². The molecule has 1 N–H and O–H groups in total. The van der Waals surface area contributed by atoms with Crippen molar-refractivity contribution in [1.82, 2.24) is 0 Å². The van der Waals surface area contributed by atoms with Gasteiger partial charge in [-0.25, -0.2) is 4.79 Å². The summed E-state index contributed by atoms with van der Waals surface area (Å²) in [5.74, 6) is 0.0708. The van der Waals surface area contributed by atoms with Gasteiger partial charge in [-0.2, -0.15) is 0 Å². The van der Waals surface area contributed by atoms with Crippen molar-refractivity contribution in [3.8, 4) is 5.75 Å². The summed E-state index contributed by atoms with van der Waals surface area (Å²) < 4.78 is 11.0. The summed E-state index contributed by atoms with van der Waals surface area (Å²) in [6.45, 7) is 6.30. The monoisotopic (exact) mass is 383 g/mol. The fraction of sp³-hybridized carbons (Fsp3) is 0.391. The summed E-state index contributed by atoms with van der Waals surface area (Å²) in [7, 11) is 0. The zero-order valence-corrected chi connectivity index (χ0v) is 16.9. The van der Waals surface area contributed by atoms with Crippen LogP contribution in [0.15, 0.2) is 48.5 Å². The largest absolute Gasteiger partial charge is 0.481 e. The molecule has 2 aromatic carbocycles. The third-order valence-electron chi connectivity index (χ3n) is 4.36. The molecule has 1 atom stereocenters. The number of aryl methyl sites for hydroxylation is 1. The molecule has 0 spiro atoms. The smallest absolute Gasteiger partial charge is 0.338 e. The van der Waals surface area contributed by atoms with Gasteiger partial charge < -0.3 is 14.8 Å². The lowest BCUT2D eigenvalue weighted by Crippen LogP contribution is -2.30. The number of benzene rings is 2. The normalized spacial score (nSPS) is 11.5. The molecule has 5 nitrogen and oxygen atoms in total. The maximum absolute atomic E-state index is 12.4. The molecule has 2 aromatic rings. The number of rotatable bonds is 10. The highest BCUT2D eigenvalue weighted by Gasteiger charge is 2.15. The second-order valence-corrected chi connectivity index (χ2v) is 6.67. The second kappa shape index (κ2) is 11.1. The average molecular weight is 383 g/mol. The second-order valence-electron chi connectivity index (χ2n) is 6.67. The minimum atomic E-state index is -0.643. The third kappa shape index (κ3) is 6.72. The van der Waals surface area contributed by atoms with Gasteiger partial charge in [-0.05, 0) is 61.7 Å². The Morgan fingerprint density at radius 2 is 1.79 bits per heavy atom. The number of unbranched alkanes of at least 4 members (excludes halogenated alkanes) is 2. The van der Waals surface area contributed by atoms with Crippen LogP contribution in [0.25, 0.3) is 0 Å². The third-order valence-corrected chi connectivity index (χ3v) is 4.36. The summed E-state index contributed by atoms with van der Waals surface area (Å²) in [5.41, 5.74) is 2.22. The number of carbonyl (C=O) groups is 2. The van der Waals surface area contributed by atoms with E-state index < -0.39 is 6.10 Å². The van der Waals surface area contributed by atoms with E-state index in [9.17, 15) is 9.59 Å². The minimum absolute atomic E-state index is 0.253. The van der Waals surface area contributed by atoms with Gasteiger partial charge in [0, 0.05) is 5.69 Å². The van der Waals surface area contributed by atoms with Crippen molar-refractivity contribution in [1.29, 1.82) is 0 Å². The van der Waals surface area contributed by atoms with Crippen LogP contribution in [0.4, 0.5) is 5.69 Å². The van der Waals surface area contributed by atoms with Crippen LogP contribution < -0.4 is 10.1 Å². The first-order valence-electron chi connectivity index (χ1n) is 9.87. The summed E-state index contributed by atoms with van der Waals surface area (Å²) in [6.07, 6.45) is 3.26. The van der Waals surface area contributed by atoms with Crippen molar-refractivity contribution < 1.29 is 19.1 Å². The Balaban J connectivity index is 1.86. The molecule has 1 unspecified atom stereocenters. The zero-order chi connectivity index (χ0) is 20.4. The number of anilines is 1. The Hall–Kier alpha value is -2.82. The van der Waals surface area contributed by atoms with Gasteiger partial charge in [0.05, 0.1) is 12.2 Å². The lowest BCUT2D eigenvalue weighted by molar-refractivity contribution is -0.122. The van der Waals surface area contributed by atoms with Gasteiger partial charge in [-0.3, -0.25) is 4.79 Å². The Morgan fingerprint density at radius 3 is 2.46 bits per heavy atom. The van der Waals surface area contributed by atoms with Crippen LogP contribution in [0.5, 0.6) is 5.75 Å². The molecule has 5 heteroatoms. The van der Waals surface area contributed by atoms with Crippen LogP contribution >= 0.6 is 0 Å². The molecule has 0 saturated carbocycles. The molecule has 0 aromatic heterocycles. The predicted octanol–water partition coefficient (Wildman–Crippen LogP) is 5.00. The van der Waals surface area contributed by atoms with Crippen LogP contribution in [0.1, 0.15) is 56.0 Å². The molecule has 0 aliphatic carbocycles. The summed E-state index contributed by atoms with van der Waals surface area (Å²) in [4.78, 5) is 24.3. The highest BCUT2D eigenvalue weighted by Crippen LogP contribution is 2.17. The molecule has 150 valence electrons. The summed E-state index contributed by atoms with van der Waals surface area (Å²) >= 11 is 0. The number of hydrogen-bond donors (Lipinski definition) is 1. The molecule has 0 saturated heterocycles. The van der Waals surface area contributed by atoms with E-state index >= 15 is 0 Å². The topological polar surface area (TPSA) is 64.6 Å². The molecule has 28 heavy (non-hydrogen) atoms. The van der Waals surface area contributed by atoms with Gasteiger partial charge in [-0.15, -0.1) is 0 Å². The lowest BCUT2D eigenvalue weighted by atomic mass is 10.1. The van der Waals surface area contributed by atoms with Gasteiger partial charge in [-0.1, -0.05) is 38.8 Å². The van der Waals surface area contributed by atoms with Gasteiger partial charge >= 0.3 is 5.97 Å². The molecule has 0 bridgehead atoms.